The summed E-state index contributed by atoms with van der Waals surface area (Å²) >= 11 is 0. The summed E-state index contributed by atoms with van der Waals surface area (Å²) in [4.78, 5) is 23.6. The van der Waals surface area contributed by atoms with Crippen molar-refractivity contribution in [1.82, 2.24) is 5.32 Å². The summed E-state index contributed by atoms with van der Waals surface area (Å²) in [6, 6.07) is 25.1. The van der Waals surface area contributed by atoms with Crippen molar-refractivity contribution >= 4 is 11.9 Å². The highest BCUT2D eigenvalue weighted by atomic mass is 16.5. The summed E-state index contributed by atoms with van der Waals surface area (Å²) in [5.74, 6) is -0.413. The summed E-state index contributed by atoms with van der Waals surface area (Å²) in [7, 11) is 1.35. The Hall–Kier alpha value is -3.40. The van der Waals surface area contributed by atoms with Crippen LogP contribution in [0.1, 0.15) is 21.5 Å². The summed E-state index contributed by atoms with van der Waals surface area (Å²) in [5.41, 5.74) is 4.67. The molecule has 4 nitrogen and oxygen atoms in total. The van der Waals surface area contributed by atoms with Crippen LogP contribution in [0.4, 0.5) is 0 Å². The van der Waals surface area contributed by atoms with Gasteiger partial charge in [0.25, 0.3) is 0 Å². The number of esters is 1. The Bertz CT molecular complexity index is 901. The van der Waals surface area contributed by atoms with Gasteiger partial charge in [0.05, 0.1) is 19.1 Å². The number of carbonyl (C=O) groups is 2. The van der Waals surface area contributed by atoms with Crippen LogP contribution in [-0.2, 0) is 22.5 Å². The van der Waals surface area contributed by atoms with E-state index in [2.05, 4.69) is 22.2 Å². The Labute approximate surface area is 158 Å². The maximum Gasteiger partial charge on any atom is 0.337 e. The first kappa shape index (κ1) is 18.4. The van der Waals surface area contributed by atoms with Crippen molar-refractivity contribution in [2.24, 2.45) is 0 Å². The van der Waals surface area contributed by atoms with Gasteiger partial charge in [-0.3, -0.25) is 4.79 Å². The second kappa shape index (κ2) is 8.81. The van der Waals surface area contributed by atoms with Gasteiger partial charge in [0, 0.05) is 6.54 Å². The zero-order valence-electron chi connectivity index (χ0n) is 15.1. The quantitative estimate of drug-likeness (QED) is 0.677. The molecule has 27 heavy (non-hydrogen) atoms. The van der Waals surface area contributed by atoms with E-state index in [0.717, 1.165) is 22.3 Å². The molecule has 0 heterocycles. The Morgan fingerprint density at radius 3 is 2.00 bits per heavy atom. The number of nitrogens with one attached hydrogen (secondary N) is 1. The first-order valence-corrected chi connectivity index (χ1v) is 8.74. The number of benzene rings is 3. The van der Waals surface area contributed by atoms with Crippen molar-refractivity contribution in [3.05, 3.63) is 95.6 Å². The van der Waals surface area contributed by atoms with E-state index in [1.807, 2.05) is 42.5 Å². The van der Waals surface area contributed by atoms with Gasteiger partial charge in [0.15, 0.2) is 0 Å². The summed E-state index contributed by atoms with van der Waals surface area (Å²) in [6.45, 7) is 0.419. The monoisotopic (exact) mass is 359 g/mol. The van der Waals surface area contributed by atoms with Crippen molar-refractivity contribution in [2.45, 2.75) is 13.0 Å². The van der Waals surface area contributed by atoms with Crippen molar-refractivity contribution in [2.75, 3.05) is 7.11 Å². The first-order chi connectivity index (χ1) is 13.2. The first-order valence-electron chi connectivity index (χ1n) is 8.74. The predicted octanol–water partition coefficient (Wildman–Crippen LogP) is 4.00. The number of hydrogen-bond acceptors (Lipinski definition) is 3. The minimum Gasteiger partial charge on any atom is -0.465 e. The van der Waals surface area contributed by atoms with Crippen molar-refractivity contribution in [1.29, 1.82) is 0 Å². The number of ether oxygens (including phenoxy) is 1. The van der Waals surface area contributed by atoms with Crippen LogP contribution in [0.25, 0.3) is 11.1 Å². The third-order valence-electron chi connectivity index (χ3n) is 4.29. The van der Waals surface area contributed by atoms with Crippen molar-refractivity contribution in [3.63, 3.8) is 0 Å². The molecule has 4 heteroatoms. The lowest BCUT2D eigenvalue weighted by Crippen LogP contribution is -2.24. The fourth-order valence-corrected chi connectivity index (χ4v) is 2.77. The lowest BCUT2D eigenvalue weighted by Gasteiger charge is -2.07. The average Bonchev–Trinajstić information content (AvgIpc) is 2.73. The molecule has 0 spiro atoms. The van der Waals surface area contributed by atoms with Crippen LogP contribution in [0.3, 0.4) is 0 Å². The predicted molar refractivity (Wildman–Crippen MR) is 105 cm³/mol. The van der Waals surface area contributed by atoms with Crippen LogP contribution in [-0.4, -0.2) is 19.0 Å². The van der Waals surface area contributed by atoms with E-state index in [1.165, 1.54) is 7.11 Å². The summed E-state index contributed by atoms with van der Waals surface area (Å²) in [5, 5.41) is 2.90. The standard InChI is InChI=1S/C23H21NO3/c1-27-23(26)21-13-9-18(10-14-21)16-24-22(25)15-17-7-11-20(12-8-17)19-5-3-2-4-6-19/h2-14H,15-16H2,1H3,(H,24,25). The molecule has 0 radical (unpaired) electrons. The zero-order valence-corrected chi connectivity index (χ0v) is 15.1. The Morgan fingerprint density at radius 2 is 1.37 bits per heavy atom. The van der Waals surface area contributed by atoms with Gasteiger partial charge in [-0.05, 0) is 34.4 Å². The molecule has 1 N–H and O–H groups in total. The molecule has 0 aliphatic carbocycles. The Kier molecular flexibility index (Phi) is 6.00. The van der Waals surface area contributed by atoms with Crippen LogP contribution in [0.5, 0.6) is 0 Å². The molecular weight excluding hydrogens is 338 g/mol. The number of amides is 1. The van der Waals surface area contributed by atoms with Gasteiger partial charge in [-0.1, -0.05) is 66.7 Å². The van der Waals surface area contributed by atoms with E-state index in [9.17, 15) is 9.59 Å². The third-order valence-corrected chi connectivity index (χ3v) is 4.29. The third kappa shape index (κ3) is 5.05. The number of rotatable bonds is 6. The summed E-state index contributed by atoms with van der Waals surface area (Å²) in [6.07, 6.45) is 0.329. The molecule has 136 valence electrons. The number of hydrogen-bond donors (Lipinski definition) is 1. The second-order valence-corrected chi connectivity index (χ2v) is 6.20. The molecular formula is C23H21NO3. The highest BCUT2D eigenvalue weighted by Gasteiger charge is 2.06. The topological polar surface area (TPSA) is 55.4 Å². The minimum atomic E-state index is -0.371. The maximum atomic E-state index is 12.2. The van der Waals surface area contributed by atoms with Crippen LogP contribution < -0.4 is 5.32 Å². The highest BCUT2D eigenvalue weighted by Crippen LogP contribution is 2.19. The molecule has 0 aliphatic rings. The molecule has 0 saturated heterocycles. The fourth-order valence-electron chi connectivity index (χ4n) is 2.77. The van der Waals surface area contributed by atoms with Crippen LogP contribution in [0, 0.1) is 0 Å². The van der Waals surface area contributed by atoms with Gasteiger partial charge in [-0.15, -0.1) is 0 Å². The molecule has 1 amide bonds. The molecule has 3 aromatic rings. The molecule has 0 unspecified atom stereocenters. The van der Waals surface area contributed by atoms with Crippen LogP contribution >= 0.6 is 0 Å². The van der Waals surface area contributed by atoms with Gasteiger partial charge in [-0.25, -0.2) is 4.79 Å². The molecule has 3 rings (SSSR count). The second-order valence-electron chi connectivity index (χ2n) is 6.20. The fraction of sp³-hybridized carbons (Fsp3) is 0.130. The van der Waals surface area contributed by atoms with E-state index >= 15 is 0 Å². The zero-order chi connectivity index (χ0) is 19.1. The van der Waals surface area contributed by atoms with E-state index in [1.54, 1.807) is 24.3 Å². The van der Waals surface area contributed by atoms with Gasteiger partial charge in [0.1, 0.15) is 0 Å². The largest absolute Gasteiger partial charge is 0.465 e. The normalized spacial score (nSPS) is 10.3. The number of methoxy groups -OCH3 is 1. The van der Waals surface area contributed by atoms with Crippen molar-refractivity contribution in [3.8, 4) is 11.1 Å². The SMILES string of the molecule is COC(=O)c1ccc(CNC(=O)Cc2ccc(-c3ccccc3)cc2)cc1. The molecule has 0 saturated carbocycles. The van der Waals surface area contributed by atoms with Gasteiger partial charge >= 0.3 is 5.97 Å². The van der Waals surface area contributed by atoms with Crippen LogP contribution in [0.15, 0.2) is 78.9 Å². The molecule has 3 aromatic carbocycles. The van der Waals surface area contributed by atoms with Crippen molar-refractivity contribution < 1.29 is 14.3 Å². The lowest BCUT2D eigenvalue weighted by atomic mass is 10.0. The average molecular weight is 359 g/mol. The van der Waals surface area contributed by atoms with Gasteiger partial charge in [0.2, 0.25) is 5.91 Å². The minimum absolute atomic E-state index is 0.0421. The molecule has 0 fully saturated rings. The van der Waals surface area contributed by atoms with E-state index < -0.39 is 0 Å². The lowest BCUT2D eigenvalue weighted by molar-refractivity contribution is -0.120. The van der Waals surface area contributed by atoms with Gasteiger partial charge in [-0.2, -0.15) is 0 Å². The Morgan fingerprint density at radius 1 is 0.778 bits per heavy atom. The highest BCUT2D eigenvalue weighted by molar-refractivity contribution is 5.89. The van der Waals surface area contributed by atoms with Crippen LogP contribution in [0.2, 0.25) is 0 Å². The van der Waals surface area contributed by atoms with E-state index in [-0.39, 0.29) is 11.9 Å². The van der Waals surface area contributed by atoms with Gasteiger partial charge < -0.3 is 10.1 Å². The summed E-state index contributed by atoms with van der Waals surface area (Å²) < 4.78 is 4.67. The van der Waals surface area contributed by atoms with E-state index in [0.29, 0.717) is 18.5 Å². The molecule has 0 aliphatic heterocycles. The number of carbonyl (C=O) groups excluding carboxylic acids is 2. The molecule has 0 aromatic heterocycles. The maximum absolute atomic E-state index is 12.2. The smallest absolute Gasteiger partial charge is 0.337 e. The van der Waals surface area contributed by atoms with E-state index in [4.69, 9.17) is 0 Å². The Balaban J connectivity index is 1.52. The molecule has 0 atom stereocenters. The molecule has 0 bridgehead atoms.